The minimum absolute atomic E-state index is 0. The molecule has 0 aliphatic carbocycles. The second-order valence-corrected chi connectivity index (χ2v) is 7.88. The van der Waals surface area contributed by atoms with Crippen LogP contribution in [0.2, 0.25) is 0 Å². The van der Waals surface area contributed by atoms with Crippen LogP contribution < -0.4 is 10.6 Å². The molecular weight excluding hydrogens is 525 g/mol. The fourth-order valence-electron chi connectivity index (χ4n) is 3.90. The summed E-state index contributed by atoms with van der Waals surface area (Å²) in [7, 11) is 1.67. The lowest BCUT2D eigenvalue weighted by Gasteiger charge is -2.27. The molecule has 32 heavy (non-hydrogen) atoms. The van der Waals surface area contributed by atoms with Crippen molar-refractivity contribution in [2.45, 2.75) is 38.5 Å². The quantitative estimate of drug-likeness (QED) is 0.267. The number of ether oxygens (including phenoxy) is 2. The Morgan fingerprint density at radius 2 is 2.22 bits per heavy atom. The highest BCUT2D eigenvalue weighted by Crippen LogP contribution is 2.13. The van der Waals surface area contributed by atoms with Crippen molar-refractivity contribution in [3.8, 4) is 0 Å². The Kier molecular flexibility index (Phi) is 10.2. The van der Waals surface area contributed by atoms with Crippen molar-refractivity contribution in [2.24, 2.45) is 4.99 Å². The van der Waals surface area contributed by atoms with Crippen LogP contribution in [-0.2, 0) is 35.5 Å². The number of rotatable bonds is 9. The van der Waals surface area contributed by atoms with Crippen LogP contribution in [0.25, 0.3) is 0 Å². The van der Waals surface area contributed by atoms with Gasteiger partial charge in [-0.3, -0.25) is 9.89 Å². The number of halogens is 1. The van der Waals surface area contributed by atoms with E-state index in [1.807, 2.05) is 16.8 Å². The summed E-state index contributed by atoms with van der Waals surface area (Å²) >= 11 is 0. The minimum Gasteiger partial charge on any atom is -0.469 e. The van der Waals surface area contributed by atoms with Gasteiger partial charge in [-0.2, -0.15) is 5.10 Å². The summed E-state index contributed by atoms with van der Waals surface area (Å²) in [5.74, 6) is 3.58. The number of aromatic nitrogens is 3. The molecule has 1 saturated heterocycles. The van der Waals surface area contributed by atoms with Gasteiger partial charge < -0.3 is 24.5 Å². The number of nitrogens with zero attached hydrogens (tertiary/aromatic N) is 5. The standard InChI is InChI=1S/C21H33N7O3.HI/c1-29-16-19-25-20-5-4-17(15-28(20)26-19)24-21(22-7-6-18-3-2-12-31-18)23-8-9-27-10-13-30-14-11-27;/h2-3,12,17H,4-11,13-16H2,1H3,(H2,22,23,24);1H. The number of morpholine rings is 1. The molecule has 4 heterocycles. The number of aliphatic imine (C=N–C) groups is 1. The van der Waals surface area contributed by atoms with E-state index in [9.17, 15) is 0 Å². The van der Waals surface area contributed by atoms with Gasteiger partial charge in [-0.1, -0.05) is 0 Å². The van der Waals surface area contributed by atoms with E-state index in [4.69, 9.17) is 18.9 Å². The topological polar surface area (TPSA) is 102 Å². The third-order valence-corrected chi connectivity index (χ3v) is 5.55. The summed E-state index contributed by atoms with van der Waals surface area (Å²) in [5.41, 5.74) is 0. The molecule has 0 aromatic carbocycles. The van der Waals surface area contributed by atoms with E-state index in [0.717, 1.165) is 95.1 Å². The van der Waals surface area contributed by atoms with Crippen LogP contribution in [0.4, 0.5) is 0 Å². The second kappa shape index (κ2) is 13.1. The maximum atomic E-state index is 5.44. The molecule has 1 unspecified atom stereocenters. The van der Waals surface area contributed by atoms with E-state index in [2.05, 4.69) is 25.6 Å². The van der Waals surface area contributed by atoms with Gasteiger partial charge in [-0.25, -0.2) is 9.67 Å². The number of fused-ring (bicyclic) bond motifs is 1. The molecule has 0 bridgehead atoms. The Labute approximate surface area is 206 Å². The Bertz CT molecular complexity index is 821. The molecular formula is C21H34IN7O3. The third-order valence-electron chi connectivity index (χ3n) is 5.55. The first-order valence-corrected chi connectivity index (χ1v) is 11.1. The summed E-state index contributed by atoms with van der Waals surface area (Å²) < 4.78 is 18.0. The van der Waals surface area contributed by atoms with Gasteiger partial charge in [0, 0.05) is 52.2 Å². The van der Waals surface area contributed by atoms with Crippen LogP contribution in [-0.4, -0.2) is 84.7 Å². The first-order chi connectivity index (χ1) is 15.3. The minimum atomic E-state index is 0. The van der Waals surface area contributed by atoms with Gasteiger partial charge in [0.25, 0.3) is 0 Å². The van der Waals surface area contributed by atoms with Gasteiger partial charge in [-0.15, -0.1) is 24.0 Å². The predicted molar refractivity (Wildman–Crippen MR) is 131 cm³/mol. The molecule has 11 heteroatoms. The molecule has 2 aromatic heterocycles. The van der Waals surface area contributed by atoms with Crippen molar-refractivity contribution in [1.29, 1.82) is 0 Å². The van der Waals surface area contributed by atoms with E-state index in [-0.39, 0.29) is 30.0 Å². The van der Waals surface area contributed by atoms with Crippen molar-refractivity contribution >= 4 is 29.9 Å². The van der Waals surface area contributed by atoms with Crippen molar-refractivity contribution < 1.29 is 13.9 Å². The van der Waals surface area contributed by atoms with Gasteiger partial charge in [0.2, 0.25) is 0 Å². The highest BCUT2D eigenvalue weighted by molar-refractivity contribution is 14.0. The van der Waals surface area contributed by atoms with E-state index >= 15 is 0 Å². The average molecular weight is 559 g/mol. The van der Waals surface area contributed by atoms with Crippen molar-refractivity contribution in [1.82, 2.24) is 30.3 Å². The molecule has 1 fully saturated rings. The zero-order valence-corrected chi connectivity index (χ0v) is 21.0. The monoisotopic (exact) mass is 559 g/mol. The number of furan rings is 1. The number of nitrogens with one attached hydrogen (secondary N) is 2. The molecule has 178 valence electrons. The normalized spacial score (nSPS) is 19.3. The van der Waals surface area contributed by atoms with Crippen molar-refractivity contribution in [2.75, 3.05) is 53.0 Å². The van der Waals surface area contributed by atoms with Crippen LogP contribution in [0.5, 0.6) is 0 Å². The number of guanidine groups is 1. The van der Waals surface area contributed by atoms with E-state index in [1.54, 1.807) is 13.4 Å². The molecule has 2 N–H and O–H groups in total. The first kappa shape index (κ1) is 24.9. The van der Waals surface area contributed by atoms with Crippen LogP contribution in [0, 0.1) is 0 Å². The molecule has 0 saturated carbocycles. The molecule has 0 amide bonds. The summed E-state index contributed by atoms with van der Waals surface area (Å²) in [5, 5.41) is 11.6. The molecule has 10 nitrogen and oxygen atoms in total. The maximum absolute atomic E-state index is 5.44. The highest BCUT2D eigenvalue weighted by atomic mass is 127. The molecule has 4 rings (SSSR count). The van der Waals surface area contributed by atoms with Crippen molar-refractivity contribution in [3.05, 3.63) is 35.8 Å². The Balaban J connectivity index is 0.00000289. The van der Waals surface area contributed by atoms with Crippen LogP contribution in [0.1, 0.15) is 23.8 Å². The Hall–Kier alpha value is -1.70. The number of hydrogen-bond acceptors (Lipinski definition) is 7. The lowest BCUT2D eigenvalue weighted by atomic mass is 10.1. The van der Waals surface area contributed by atoms with Gasteiger partial charge in [-0.05, 0) is 18.6 Å². The molecule has 0 spiro atoms. The van der Waals surface area contributed by atoms with Crippen molar-refractivity contribution in [3.63, 3.8) is 0 Å². The first-order valence-electron chi connectivity index (χ1n) is 11.1. The van der Waals surface area contributed by atoms with Gasteiger partial charge in [0.1, 0.15) is 18.2 Å². The number of methoxy groups -OCH3 is 1. The maximum Gasteiger partial charge on any atom is 0.191 e. The Morgan fingerprint density at radius 3 is 3.00 bits per heavy atom. The lowest BCUT2D eigenvalue weighted by Crippen LogP contribution is -2.48. The summed E-state index contributed by atoms with van der Waals surface area (Å²) in [4.78, 5) is 11.8. The largest absolute Gasteiger partial charge is 0.469 e. The van der Waals surface area contributed by atoms with Gasteiger partial charge in [0.15, 0.2) is 11.8 Å². The molecule has 2 aliphatic rings. The van der Waals surface area contributed by atoms with Gasteiger partial charge in [0.05, 0.1) is 32.6 Å². The number of hydrogen-bond donors (Lipinski definition) is 2. The highest BCUT2D eigenvalue weighted by Gasteiger charge is 2.22. The van der Waals surface area contributed by atoms with E-state index in [0.29, 0.717) is 6.61 Å². The summed E-state index contributed by atoms with van der Waals surface area (Å²) in [6, 6.07) is 4.17. The van der Waals surface area contributed by atoms with E-state index < -0.39 is 0 Å². The van der Waals surface area contributed by atoms with Crippen LogP contribution in [0.15, 0.2) is 27.8 Å². The predicted octanol–water partition coefficient (Wildman–Crippen LogP) is 1.06. The molecule has 2 aromatic rings. The van der Waals surface area contributed by atoms with E-state index in [1.165, 1.54) is 0 Å². The molecule has 2 aliphatic heterocycles. The fraction of sp³-hybridized carbons (Fsp3) is 0.667. The van der Waals surface area contributed by atoms with Crippen LogP contribution >= 0.6 is 24.0 Å². The number of aryl methyl sites for hydroxylation is 1. The third kappa shape index (κ3) is 7.42. The molecule has 1 atom stereocenters. The zero-order chi connectivity index (χ0) is 21.3. The zero-order valence-electron chi connectivity index (χ0n) is 18.7. The molecule has 0 radical (unpaired) electrons. The Morgan fingerprint density at radius 1 is 1.34 bits per heavy atom. The average Bonchev–Trinajstić information content (AvgIpc) is 3.44. The van der Waals surface area contributed by atoms with Gasteiger partial charge >= 0.3 is 0 Å². The lowest BCUT2D eigenvalue weighted by molar-refractivity contribution is 0.0394. The SMILES string of the molecule is COCc1nc2n(n1)CC(NC(=NCCN1CCOCC1)NCCc1ccco1)CC2.I. The second-order valence-electron chi connectivity index (χ2n) is 7.88. The smallest absolute Gasteiger partial charge is 0.191 e. The van der Waals surface area contributed by atoms with Crippen LogP contribution in [0.3, 0.4) is 0 Å². The summed E-state index contributed by atoms with van der Waals surface area (Å²) in [6.07, 6.45) is 4.41. The fourth-order valence-corrected chi connectivity index (χ4v) is 3.90. The summed E-state index contributed by atoms with van der Waals surface area (Å²) in [6.45, 7) is 7.23.